The molecule has 0 aliphatic carbocycles. The van der Waals surface area contributed by atoms with Crippen molar-refractivity contribution in [3.05, 3.63) is 47.9 Å². The molecule has 13 heavy (non-hydrogen) atoms. The monoisotopic (exact) mass is 179 g/mol. The summed E-state index contributed by atoms with van der Waals surface area (Å²) in [6, 6.07) is 9.72. The van der Waals surface area contributed by atoms with E-state index in [4.69, 9.17) is 15.6 Å². The van der Waals surface area contributed by atoms with Crippen molar-refractivity contribution in [2.75, 3.05) is 6.54 Å². The predicted molar refractivity (Wildman–Crippen MR) is 51.0 cm³/mol. The molecule has 0 fully saturated rings. The Labute approximate surface area is 77.4 Å². The Kier molecular flexibility index (Phi) is 3.85. The Balaban J connectivity index is 2.36. The van der Waals surface area contributed by atoms with Crippen LogP contribution in [0.5, 0.6) is 0 Å². The second-order valence-corrected chi connectivity index (χ2v) is 2.61. The van der Waals surface area contributed by atoms with Crippen LogP contribution in [0.1, 0.15) is 5.56 Å². The number of hydrogen-bond acceptors (Lipinski definition) is 3. The molecule has 0 spiro atoms. The maximum Gasteiger partial charge on any atom is 0.140 e. The van der Waals surface area contributed by atoms with Crippen LogP contribution in [0.15, 0.2) is 42.4 Å². The third kappa shape index (κ3) is 3.62. The lowest BCUT2D eigenvalue weighted by Crippen LogP contribution is -2.02. The van der Waals surface area contributed by atoms with E-state index in [1.165, 1.54) is 6.26 Å². The minimum atomic E-state index is 0.0518. The van der Waals surface area contributed by atoms with E-state index in [1.807, 2.05) is 30.3 Å². The lowest BCUT2D eigenvalue weighted by Gasteiger charge is -2.01. The Morgan fingerprint density at radius 3 is 2.69 bits per heavy atom. The van der Waals surface area contributed by atoms with E-state index in [0.717, 1.165) is 5.56 Å². The summed E-state index contributed by atoms with van der Waals surface area (Å²) in [4.78, 5) is 0. The van der Waals surface area contributed by atoms with Crippen molar-refractivity contribution in [2.24, 2.45) is 5.73 Å². The van der Waals surface area contributed by atoms with Gasteiger partial charge in [-0.1, -0.05) is 30.3 Å². The zero-order valence-electron chi connectivity index (χ0n) is 7.31. The van der Waals surface area contributed by atoms with Crippen molar-refractivity contribution in [1.82, 2.24) is 0 Å². The summed E-state index contributed by atoms with van der Waals surface area (Å²) in [7, 11) is 0. The van der Waals surface area contributed by atoms with E-state index in [9.17, 15) is 0 Å². The van der Waals surface area contributed by atoms with Crippen molar-refractivity contribution in [1.29, 1.82) is 0 Å². The number of ether oxygens (including phenoxy) is 1. The highest BCUT2D eigenvalue weighted by Gasteiger charge is 1.90. The van der Waals surface area contributed by atoms with Crippen LogP contribution >= 0.6 is 0 Å². The zero-order chi connectivity index (χ0) is 9.52. The first-order valence-corrected chi connectivity index (χ1v) is 4.06. The van der Waals surface area contributed by atoms with E-state index in [2.05, 4.69) is 0 Å². The van der Waals surface area contributed by atoms with Crippen molar-refractivity contribution in [2.45, 2.75) is 6.61 Å². The van der Waals surface area contributed by atoms with Gasteiger partial charge in [-0.2, -0.15) is 0 Å². The SMILES string of the molecule is NC/C(O)=C\OCc1ccccc1. The second-order valence-electron chi connectivity index (χ2n) is 2.61. The van der Waals surface area contributed by atoms with Gasteiger partial charge in [0, 0.05) is 0 Å². The van der Waals surface area contributed by atoms with E-state index in [-0.39, 0.29) is 12.3 Å². The molecule has 0 unspecified atom stereocenters. The van der Waals surface area contributed by atoms with Gasteiger partial charge in [0.15, 0.2) is 0 Å². The van der Waals surface area contributed by atoms with Gasteiger partial charge in [-0.05, 0) is 5.56 Å². The maximum absolute atomic E-state index is 8.95. The number of rotatable bonds is 4. The van der Waals surface area contributed by atoms with E-state index in [0.29, 0.717) is 6.61 Å². The van der Waals surface area contributed by atoms with Gasteiger partial charge in [-0.15, -0.1) is 0 Å². The molecule has 1 rings (SSSR count). The highest BCUT2D eigenvalue weighted by molar-refractivity contribution is 5.13. The third-order valence-corrected chi connectivity index (χ3v) is 1.52. The van der Waals surface area contributed by atoms with Gasteiger partial charge in [0.05, 0.1) is 6.54 Å². The fourth-order valence-electron chi connectivity index (χ4n) is 0.856. The molecule has 3 N–H and O–H groups in total. The highest BCUT2D eigenvalue weighted by atomic mass is 16.5. The minimum Gasteiger partial charge on any atom is -0.508 e. The van der Waals surface area contributed by atoms with Gasteiger partial charge in [-0.25, -0.2) is 0 Å². The highest BCUT2D eigenvalue weighted by Crippen LogP contribution is 2.01. The molecule has 3 nitrogen and oxygen atoms in total. The average molecular weight is 179 g/mol. The summed E-state index contributed by atoms with van der Waals surface area (Å²) in [6.45, 7) is 0.555. The zero-order valence-corrected chi connectivity index (χ0v) is 7.31. The quantitative estimate of drug-likeness (QED) is 0.689. The normalized spacial score (nSPS) is 11.3. The van der Waals surface area contributed by atoms with Crippen molar-refractivity contribution in [3.63, 3.8) is 0 Å². The Hall–Kier alpha value is -1.48. The molecule has 0 bridgehead atoms. The molecule has 3 heteroatoms. The summed E-state index contributed by atoms with van der Waals surface area (Å²) in [5, 5.41) is 8.95. The summed E-state index contributed by atoms with van der Waals surface area (Å²) >= 11 is 0. The average Bonchev–Trinajstić information content (AvgIpc) is 2.19. The summed E-state index contributed by atoms with van der Waals surface area (Å²) in [5.74, 6) is 0.0518. The first kappa shape index (κ1) is 9.61. The van der Waals surface area contributed by atoms with Crippen LogP contribution in [-0.4, -0.2) is 11.7 Å². The van der Waals surface area contributed by atoms with Crippen LogP contribution < -0.4 is 5.73 Å². The van der Waals surface area contributed by atoms with Gasteiger partial charge >= 0.3 is 0 Å². The molecule has 0 saturated heterocycles. The summed E-state index contributed by atoms with van der Waals surface area (Å²) in [6.07, 6.45) is 1.27. The number of aliphatic hydroxyl groups is 1. The minimum absolute atomic E-state index is 0.0518. The van der Waals surface area contributed by atoms with Gasteiger partial charge in [-0.3, -0.25) is 0 Å². The molecule has 0 atom stereocenters. The van der Waals surface area contributed by atoms with Gasteiger partial charge in [0.1, 0.15) is 18.6 Å². The Bertz CT molecular complexity index is 270. The van der Waals surface area contributed by atoms with E-state index >= 15 is 0 Å². The molecule has 0 heterocycles. The van der Waals surface area contributed by atoms with Crippen molar-refractivity contribution < 1.29 is 9.84 Å². The van der Waals surface area contributed by atoms with Gasteiger partial charge in [0.2, 0.25) is 0 Å². The van der Waals surface area contributed by atoms with Crippen LogP contribution in [0.25, 0.3) is 0 Å². The molecule has 1 aromatic rings. The first-order chi connectivity index (χ1) is 6.33. The maximum atomic E-state index is 8.95. The fourth-order valence-corrected chi connectivity index (χ4v) is 0.856. The summed E-state index contributed by atoms with van der Waals surface area (Å²) < 4.78 is 5.08. The van der Waals surface area contributed by atoms with Crippen molar-refractivity contribution >= 4 is 0 Å². The standard InChI is InChI=1S/C10H13NO2/c11-6-10(12)8-13-7-9-4-2-1-3-5-9/h1-5,8,12H,6-7,11H2/b10-8+. The number of benzene rings is 1. The topological polar surface area (TPSA) is 55.5 Å². The molecule has 0 radical (unpaired) electrons. The largest absolute Gasteiger partial charge is 0.508 e. The first-order valence-electron chi connectivity index (χ1n) is 4.06. The molecule has 0 aliphatic rings. The fraction of sp³-hybridized carbons (Fsp3) is 0.200. The molecule has 70 valence electrons. The predicted octanol–water partition coefficient (Wildman–Crippen LogP) is 1.56. The van der Waals surface area contributed by atoms with E-state index < -0.39 is 0 Å². The summed E-state index contributed by atoms with van der Waals surface area (Å²) in [5.41, 5.74) is 6.21. The lowest BCUT2D eigenvalue weighted by molar-refractivity contribution is 0.216. The molecule has 0 saturated carbocycles. The molecule has 0 aromatic heterocycles. The molecular formula is C10H13NO2. The third-order valence-electron chi connectivity index (χ3n) is 1.52. The van der Waals surface area contributed by atoms with E-state index in [1.54, 1.807) is 0 Å². The Morgan fingerprint density at radius 1 is 1.38 bits per heavy atom. The van der Waals surface area contributed by atoms with Crippen LogP contribution in [0, 0.1) is 0 Å². The van der Waals surface area contributed by atoms with Crippen LogP contribution in [0.4, 0.5) is 0 Å². The second kappa shape index (κ2) is 5.22. The van der Waals surface area contributed by atoms with Crippen molar-refractivity contribution in [3.8, 4) is 0 Å². The number of hydrogen-bond donors (Lipinski definition) is 2. The lowest BCUT2D eigenvalue weighted by atomic mass is 10.2. The van der Waals surface area contributed by atoms with Crippen LogP contribution in [0.3, 0.4) is 0 Å². The Morgan fingerprint density at radius 2 is 2.08 bits per heavy atom. The molecule has 0 amide bonds. The molecule has 0 aliphatic heterocycles. The number of aliphatic hydroxyl groups excluding tert-OH is 1. The van der Waals surface area contributed by atoms with Gasteiger partial charge < -0.3 is 15.6 Å². The number of nitrogens with two attached hydrogens (primary N) is 1. The van der Waals surface area contributed by atoms with Gasteiger partial charge in [0.25, 0.3) is 0 Å². The molecule has 1 aromatic carbocycles. The smallest absolute Gasteiger partial charge is 0.140 e. The van der Waals surface area contributed by atoms with Crippen LogP contribution in [0.2, 0.25) is 0 Å². The molecular weight excluding hydrogens is 166 g/mol. The van der Waals surface area contributed by atoms with Crippen LogP contribution in [-0.2, 0) is 11.3 Å².